The fraction of sp³-hybridized carbons (Fsp3) is 0.353. The van der Waals surface area contributed by atoms with Crippen molar-refractivity contribution in [2.24, 2.45) is 0 Å². The third kappa shape index (κ3) is 5.14. The number of hydrogen-bond acceptors (Lipinski definition) is 3. The Hall–Kier alpha value is -1.39. The molecule has 4 heteroatoms. The van der Waals surface area contributed by atoms with Gasteiger partial charge in [0.1, 0.15) is 12.4 Å². The summed E-state index contributed by atoms with van der Waals surface area (Å²) in [5.74, 6) is 0.898. The first-order chi connectivity index (χ1) is 10.0. The Bertz CT molecular complexity index is 599. The van der Waals surface area contributed by atoms with E-state index in [0.717, 1.165) is 33.7 Å². The zero-order chi connectivity index (χ0) is 15.2. The Morgan fingerprint density at radius 2 is 2.05 bits per heavy atom. The van der Waals surface area contributed by atoms with Gasteiger partial charge in [0.25, 0.3) is 0 Å². The molecule has 2 aromatic rings. The Morgan fingerprint density at radius 1 is 1.24 bits per heavy atom. The molecule has 0 radical (unpaired) electrons. The molecule has 1 N–H and O–H groups in total. The molecule has 0 atom stereocenters. The second-order valence-corrected chi connectivity index (χ2v) is 6.26. The fourth-order valence-electron chi connectivity index (χ4n) is 1.97. The van der Waals surface area contributed by atoms with Crippen LogP contribution in [-0.2, 0) is 13.2 Å². The summed E-state index contributed by atoms with van der Waals surface area (Å²) in [5.41, 5.74) is 3.10. The van der Waals surface area contributed by atoms with Crippen molar-refractivity contribution in [2.45, 2.75) is 40.0 Å². The summed E-state index contributed by atoms with van der Waals surface area (Å²) in [6, 6.07) is 12.5. The molecule has 0 aliphatic heterocycles. The van der Waals surface area contributed by atoms with E-state index in [0.29, 0.717) is 12.6 Å². The van der Waals surface area contributed by atoms with Crippen molar-refractivity contribution in [3.05, 3.63) is 57.8 Å². The van der Waals surface area contributed by atoms with Crippen LogP contribution in [0.25, 0.3) is 0 Å². The van der Waals surface area contributed by atoms with E-state index < -0.39 is 0 Å². The summed E-state index contributed by atoms with van der Waals surface area (Å²) in [6.45, 7) is 7.52. The van der Waals surface area contributed by atoms with Gasteiger partial charge in [-0.1, -0.05) is 35.8 Å². The maximum Gasteiger partial charge on any atom is 0.130 e. The van der Waals surface area contributed by atoms with Crippen LogP contribution in [0.15, 0.2) is 40.9 Å². The molecule has 3 nitrogen and oxygen atoms in total. The van der Waals surface area contributed by atoms with Gasteiger partial charge in [-0.3, -0.25) is 4.98 Å². The van der Waals surface area contributed by atoms with Crippen LogP contribution in [0.2, 0.25) is 0 Å². The molecule has 0 saturated heterocycles. The highest BCUT2D eigenvalue weighted by molar-refractivity contribution is 9.10. The lowest BCUT2D eigenvalue weighted by Crippen LogP contribution is -2.22. The molecule has 1 heterocycles. The molecular weight excluding hydrogens is 328 g/mol. The smallest absolute Gasteiger partial charge is 0.130 e. The predicted octanol–water partition coefficient (Wildman–Crippen LogP) is 4.23. The Kier molecular flexibility index (Phi) is 5.76. The number of nitrogens with one attached hydrogen (secondary N) is 1. The normalized spacial score (nSPS) is 10.9. The van der Waals surface area contributed by atoms with Crippen molar-refractivity contribution in [1.82, 2.24) is 10.3 Å². The minimum Gasteiger partial charge on any atom is -0.487 e. The first kappa shape index (κ1) is 16.0. The molecule has 21 heavy (non-hydrogen) atoms. The first-order valence-corrected chi connectivity index (χ1v) is 7.91. The van der Waals surface area contributed by atoms with Gasteiger partial charge in [-0.25, -0.2) is 0 Å². The average molecular weight is 349 g/mol. The van der Waals surface area contributed by atoms with Gasteiger partial charge in [-0.05, 0) is 37.3 Å². The van der Waals surface area contributed by atoms with Gasteiger partial charge in [0.2, 0.25) is 0 Å². The second-order valence-electron chi connectivity index (χ2n) is 5.35. The molecule has 1 aromatic heterocycles. The van der Waals surface area contributed by atoms with Crippen LogP contribution < -0.4 is 10.1 Å². The lowest BCUT2D eigenvalue weighted by molar-refractivity contribution is 0.296. The number of rotatable bonds is 6. The summed E-state index contributed by atoms with van der Waals surface area (Å²) < 4.78 is 7.00. The van der Waals surface area contributed by atoms with Crippen molar-refractivity contribution in [3.63, 3.8) is 0 Å². The number of hydrogen-bond donors (Lipinski definition) is 1. The van der Waals surface area contributed by atoms with E-state index in [2.05, 4.69) is 46.1 Å². The lowest BCUT2D eigenvalue weighted by Gasteiger charge is -2.14. The second kappa shape index (κ2) is 7.57. The van der Waals surface area contributed by atoms with E-state index in [1.165, 1.54) is 0 Å². The quantitative estimate of drug-likeness (QED) is 0.848. The van der Waals surface area contributed by atoms with E-state index >= 15 is 0 Å². The summed E-state index contributed by atoms with van der Waals surface area (Å²) >= 11 is 3.51. The third-order valence-corrected chi connectivity index (χ3v) is 3.54. The monoisotopic (exact) mass is 348 g/mol. The Balaban J connectivity index is 2.08. The Labute approximate surface area is 134 Å². The zero-order valence-corrected chi connectivity index (χ0v) is 14.3. The van der Waals surface area contributed by atoms with Gasteiger partial charge in [-0.2, -0.15) is 0 Å². The van der Waals surface area contributed by atoms with Crippen molar-refractivity contribution < 1.29 is 4.74 Å². The maximum atomic E-state index is 5.94. The van der Waals surface area contributed by atoms with Crippen molar-refractivity contribution in [1.29, 1.82) is 0 Å². The van der Waals surface area contributed by atoms with Gasteiger partial charge in [0.15, 0.2) is 0 Å². The molecular formula is C17H21BrN2O. The van der Waals surface area contributed by atoms with Gasteiger partial charge in [0, 0.05) is 28.3 Å². The summed E-state index contributed by atoms with van der Waals surface area (Å²) in [6.07, 6.45) is 0. The van der Waals surface area contributed by atoms with Crippen LogP contribution in [0.1, 0.15) is 30.8 Å². The number of nitrogens with zero attached hydrogens (tertiary/aromatic N) is 1. The van der Waals surface area contributed by atoms with Gasteiger partial charge in [0.05, 0.1) is 5.69 Å². The number of benzene rings is 1. The molecule has 0 unspecified atom stereocenters. The molecule has 1 aromatic carbocycles. The SMILES string of the molecule is Cc1cccc(COc2ccc(Br)cc2CNC(C)C)n1. The average Bonchev–Trinajstić information content (AvgIpc) is 2.44. The highest BCUT2D eigenvalue weighted by Gasteiger charge is 2.06. The molecule has 0 bridgehead atoms. The van der Waals surface area contributed by atoms with Crippen LogP contribution in [-0.4, -0.2) is 11.0 Å². The number of pyridine rings is 1. The van der Waals surface area contributed by atoms with Crippen LogP contribution in [0.5, 0.6) is 5.75 Å². The summed E-state index contributed by atoms with van der Waals surface area (Å²) in [5, 5.41) is 3.42. The van der Waals surface area contributed by atoms with Crippen molar-refractivity contribution in [2.75, 3.05) is 0 Å². The van der Waals surface area contributed by atoms with E-state index in [9.17, 15) is 0 Å². The Morgan fingerprint density at radius 3 is 2.76 bits per heavy atom. The number of ether oxygens (including phenoxy) is 1. The van der Waals surface area contributed by atoms with E-state index in [4.69, 9.17) is 4.74 Å². The van der Waals surface area contributed by atoms with E-state index in [1.54, 1.807) is 0 Å². The van der Waals surface area contributed by atoms with Gasteiger partial charge in [-0.15, -0.1) is 0 Å². The van der Waals surface area contributed by atoms with Crippen LogP contribution in [0, 0.1) is 6.92 Å². The van der Waals surface area contributed by atoms with Crippen LogP contribution in [0.4, 0.5) is 0 Å². The van der Waals surface area contributed by atoms with Crippen LogP contribution in [0.3, 0.4) is 0 Å². The van der Waals surface area contributed by atoms with E-state index in [1.807, 2.05) is 37.3 Å². The molecule has 0 spiro atoms. The van der Waals surface area contributed by atoms with Gasteiger partial charge >= 0.3 is 0 Å². The van der Waals surface area contributed by atoms with Crippen molar-refractivity contribution in [3.8, 4) is 5.75 Å². The molecule has 0 aliphatic rings. The van der Waals surface area contributed by atoms with E-state index in [-0.39, 0.29) is 0 Å². The first-order valence-electron chi connectivity index (χ1n) is 7.12. The molecule has 0 aliphatic carbocycles. The predicted molar refractivity (Wildman–Crippen MR) is 89.4 cm³/mol. The molecule has 0 amide bonds. The topological polar surface area (TPSA) is 34.1 Å². The number of aromatic nitrogens is 1. The highest BCUT2D eigenvalue weighted by atomic mass is 79.9. The number of aryl methyl sites for hydroxylation is 1. The molecule has 112 valence electrons. The molecule has 2 rings (SSSR count). The number of halogens is 1. The summed E-state index contributed by atoms with van der Waals surface area (Å²) in [7, 11) is 0. The standard InChI is InChI=1S/C17H21BrN2O/c1-12(2)19-10-14-9-15(18)7-8-17(14)21-11-16-6-4-5-13(3)20-16/h4-9,12,19H,10-11H2,1-3H3. The summed E-state index contributed by atoms with van der Waals surface area (Å²) in [4.78, 5) is 4.46. The largest absolute Gasteiger partial charge is 0.487 e. The minimum atomic E-state index is 0.440. The van der Waals surface area contributed by atoms with Gasteiger partial charge < -0.3 is 10.1 Å². The third-order valence-electron chi connectivity index (χ3n) is 3.04. The zero-order valence-electron chi connectivity index (χ0n) is 12.7. The van der Waals surface area contributed by atoms with Crippen LogP contribution >= 0.6 is 15.9 Å². The van der Waals surface area contributed by atoms with Crippen molar-refractivity contribution >= 4 is 15.9 Å². The fourth-order valence-corrected chi connectivity index (χ4v) is 2.38. The maximum absolute atomic E-state index is 5.94. The molecule has 0 fully saturated rings. The molecule has 0 saturated carbocycles. The minimum absolute atomic E-state index is 0.440. The highest BCUT2D eigenvalue weighted by Crippen LogP contribution is 2.24. The lowest BCUT2D eigenvalue weighted by atomic mass is 10.2.